The Morgan fingerprint density at radius 2 is 1.24 bits per heavy atom. The largest absolute Gasteiger partial charge is 0.374 e. The number of nitrogens with zero attached hydrogens (tertiary/aromatic N) is 2. The molecule has 4 heteroatoms. The van der Waals surface area contributed by atoms with Gasteiger partial charge in [0.1, 0.15) is 8.07 Å². The smallest absolute Gasteiger partial charge is 0.192 e. The van der Waals surface area contributed by atoms with Gasteiger partial charge in [-0.25, -0.2) is 0 Å². The predicted octanol–water partition coefficient (Wildman–Crippen LogP) is 2.04. The molecule has 2 aromatic rings. The van der Waals surface area contributed by atoms with Crippen molar-refractivity contribution in [3.63, 3.8) is 0 Å². The van der Waals surface area contributed by atoms with Gasteiger partial charge in [0, 0.05) is 49.7 Å². The maximum atomic E-state index is 13.4. The molecule has 0 fully saturated rings. The monoisotopic (exact) mass is 348 g/mol. The van der Waals surface area contributed by atoms with Gasteiger partial charge in [-0.3, -0.25) is 4.79 Å². The van der Waals surface area contributed by atoms with E-state index in [9.17, 15) is 4.79 Å². The zero-order valence-electron chi connectivity index (χ0n) is 15.4. The van der Waals surface area contributed by atoms with Crippen LogP contribution in [0.3, 0.4) is 0 Å². The molecular weight excluding hydrogens is 324 g/mol. The fourth-order valence-electron chi connectivity index (χ4n) is 5.37. The molecule has 0 N–H and O–H groups in total. The molecule has 25 heavy (non-hydrogen) atoms. The van der Waals surface area contributed by atoms with Gasteiger partial charge in [0.25, 0.3) is 0 Å². The average Bonchev–Trinajstić information content (AvgIpc) is 3.15. The van der Waals surface area contributed by atoms with Crippen molar-refractivity contribution in [2.75, 3.05) is 37.0 Å². The number of hydrogen-bond donors (Lipinski definition) is 0. The van der Waals surface area contributed by atoms with Crippen LogP contribution in [-0.4, -0.2) is 41.0 Å². The summed E-state index contributed by atoms with van der Waals surface area (Å²) in [5.74, 6) is 0.242. The van der Waals surface area contributed by atoms with E-state index in [1.807, 2.05) is 0 Å². The van der Waals surface area contributed by atoms with Crippen molar-refractivity contribution in [2.45, 2.75) is 25.9 Å². The van der Waals surface area contributed by atoms with E-state index in [4.69, 9.17) is 0 Å². The number of rotatable bonds is 0. The molecule has 128 valence electrons. The molecule has 0 aliphatic carbocycles. The fraction of sp³-hybridized carbons (Fsp3) is 0.381. The van der Waals surface area contributed by atoms with Gasteiger partial charge >= 0.3 is 0 Å². The zero-order valence-corrected chi connectivity index (χ0v) is 16.4. The van der Waals surface area contributed by atoms with Crippen LogP contribution in [0.25, 0.3) is 0 Å². The Labute approximate surface area is 150 Å². The van der Waals surface area contributed by atoms with Crippen molar-refractivity contribution in [3.05, 3.63) is 46.5 Å². The molecule has 0 bridgehead atoms. The van der Waals surface area contributed by atoms with Crippen LogP contribution in [0.4, 0.5) is 11.4 Å². The topological polar surface area (TPSA) is 23.6 Å². The van der Waals surface area contributed by atoms with E-state index in [0.717, 1.165) is 37.1 Å². The maximum absolute atomic E-state index is 13.4. The number of anilines is 2. The molecule has 0 saturated carbocycles. The lowest BCUT2D eigenvalue weighted by molar-refractivity contribution is 0.104. The Bertz CT molecular complexity index is 874. The van der Waals surface area contributed by atoms with Gasteiger partial charge in [0.15, 0.2) is 5.78 Å². The van der Waals surface area contributed by atoms with Crippen LogP contribution in [-0.2, 0) is 12.8 Å². The summed E-state index contributed by atoms with van der Waals surface area (Å²) in [4.78, 5) is 18.0. The molecule has 0 saturated heterocycles. The standard InChI is InChI=1S/C21H24N2OSi/c1-22-11-9-13-17(22)7-5-15-19(24)16-6-8-18-14(10-12-23(18)2)21(16)25(3,4)20(13)15/h5-8H,9-12H2,1-4H3. The molecular formula is C21H24N2OSi. The van der Waals surface area contributed by atoms with Crippen molar-refractivity contribution in [1.82, 2.24) is 0 Å². The van der Waals surface area contributed by atoms with Crippen molar-refractivity contribution in [2.24, 2.45) is 0 Å². The van der Waals surface area contributed by atoms with E-state index in [-0.39, 0.29) is 5.78 Å². The van der Waals surface area contributed by atoms with Crippen LogP contribution in [0.15, 0.2) is 24.3 Å². The highest BCUT2D eigenvalue weighted by Crippen LogP contribution is 2.35. The zero-order chi connectivity index (χ0) is 17.5. The SMILES string of the molecule is CN1CCc2c1ccc1c2[Si](C)(C)c2c(ccc3c2CCN3C)C1=O. The third-order valence-electron chi connectivity index (χ3n) is 6.53. The first-order valence-corrected chi connectivity index (χ1v) is 12.2. The highest BCUT2D eigenvalue weighted by molar-refractivity contribution is 7.03. The molecule has 0 unspecified atom stereocenters. The summed E-state index contributed by atoms with van der Waals surface area (Å²) in [6, 6.07) is 8.51. The van der Waals surface area contributed by atoms with Crippen LogP contribution in [0.2, 0.25) is 13.1 Å². The normalized spacial score (nSPS) is 19.6. The second-order valence-corrected chi connectivity index (χ2v) is 12.5. The van der Waals surface area contributed by atoms with Crippen LogP contribution in [0.1, 0.15) is 27.0 Å². The summed E-state index contributed by atoms with van der Waals surface area (Å²) in [5.41, 5.74) is 7.51. The maximum Gasteiger partial charge on any atom is 0.192 e. The summed E-state index contributed by atoms with van der Waals surface area (Å²) >= 11 is 0. The molecule has 5 rings (SSSR count). The van der Waals surface area contributed by atoms with E-state index in [1.165, 1.54) is 32.9 Å². The molecule has 2 aromatic carbocycles. The molecule has 0 amide bonds. The molecule has 0 aromatic heterocycles. The van der Waals surface area contributed by atoms with Crippen LogP contribution < -0.4 is 20.2 Å². The Balaban J connectivity index is 1.84. The van der Waals surface area contributed by atoms with Gasteiger partial charge in [0.2, 0.25) is 0 Å². The van der Waals surface area contributed by atoms with Crippen molar-refractivity contribution in [3.8, 4) is 0 Å². The summed E-state index contributed by atoms with van der Waals surface area (Å²) in [7, 11) is 2.41. The van der Waals surface area contributed by atoms with Gasteiger partial charge in [-0.1, -0.05) is 13.1 Å². The molecule has 3 aliphatic heterocycles. The molecule has 3 aliphatic rings. The minimum Gasteiger partial charge on any atom is -0.374 e. The molecule has 3 heterocycles. The van der Waals surface area contributed by atoms with Crippen LogP contribution >= 0.6 is 0 Å². The summed E-state index contributed by atoms with van der Waals surface area (Å²) in [6.45, 7) is 7.03. The van der Waals surface area contributed by atoms with Crippen LogP contribution in [0, 0.1) is 0 Å². The van der Waals surface area contributed by atoms with E-state index in [1.54, 1.807) is 0 Å². The lowest BCUT2D eigenvalue weighted by Crippen LogP contribution is -2.62. The van der Waals surface area contributed by atoms with Crippen molar-refractivity contribution < 1.29 is 4.79 Å². The lowest BCUT2D eigenvalue weighted by Gasteiger charge is -2.36. The number of hydrogen-bond acceptors (Lipinski definition) is 3. The predicted molar refractivity (Wildman–Crippen MR) is 107 cm³/mol. The van der Waals surface area contributed by atoms with Gasteiger partial charge in [-0.05, 0) is 58.6 Å². The molecule has 0 spiro atoms. The van der Waals surface area contributed by atoms with E-state index >= 15 is 0 Å². The molecule has 3 nitrogen and oxygen atoms in total. The first-order chi connectivity index (χ1) is 11.9. The Morgan fingerprint density at radius 3 is 1.68 bits per heavy atom. The third-order valence-corrected chi connectivity index (χ3v) is 10.2. The fourth-order valence-corrected chi connectivity index (χ4v) is 9.38. The number of likely N-dealkylation sites (N-methyl/N-ethyl adjacent to an activating group) is 2. The first kappa shape index (κ1) is 15.2. The number of ketones is 1. The van der Waals surface area contributed by atoms with Crippen molar-refractivity contribution in [1.29, 1.82) is 0 Å². The summed E-state index contributed by atoms with van der Waals surface area (Å²) in [5, 5.41) is 2.82. The van der Waals surface area contributed by atoms with Crippen molar-refractivity contribution >= 4 is 35.6 Å². The molecule has 0 radical (unpaired) electrons. The second kappa shape index (κ2) is 4.76. The number of benzene rings is 2. The number of carbonyl (C=O) groups is 1. The van der Waals surface area contributed by atoms with Gasteiger partial charge in [-0.15, -0.1) is 0 Å². The Kier molecular flexibility index (Phi) is 2.89. The summed E-state index contributed by atoms with van der Waals surface area (Å²) < 4.78 is 0. The first-order valence-electron chi connectivity index (χ1n) is 9.21. The van der Waals surface area contributed by atoms with E-state index in [0.29, 0.717) is 0 Å². The number of fused-ring (bicyclic) bond motifs is 6. The number of carbonyl (C=O) groups excluding carboxylic acids is 1. The van der Waals surface area contributed by atoms with Gasteiger partial charge < -0.3 is 9.80 Å². The third kappa shape index (κ3) is 1.78. The highest BCUT2D eigenvalue weighted by Gasteiger charge is 2.44. The van der Waals surface area contributed by atoms with Crippen LogP contribution in [0.5, 0.6) is 0 Å². The minimum atomic E-state index is -1.92. The lowest BCUT2D eigenvalue weighted by atomic mass is 9.96. The van der Waals surface area contributed by atoms with Gasteiger partial charge in [-0.2, -0.15) is 0 Å². The molecule has 0 atom stereocenters. The Hall–Kier alpha value is -2.07. The average molecular weight is 349 g/mol. The summed E-state index contributed by atoms with van der Waals surface area (Å²) in [6.07, 6.45) is 2.14. The van der Waals surface area contributed by atoms with E-state index in [2.05, 4.69) is 61.3 Å². The highest BCUT2D eigenvalue weighted by atomic mass is 28.3. The second-order valence-electron chi connectivity index (χ2n) is 8.27. The quantitative estimate of drug-likeness (QED) is 0.681. The van der Waals surface area contributed by atoms with Gasteiger partial charge in [0.05, 0.1) is 0 Å². The Morgan fingerprint density at radius 1 is 0.800 bits per heavy atom. The minimum absolute atomic E-state index is 0.242. The van der Waals surface area contributed by atoms with E-state index < -0.39 is 8.07 Å².